The molecular weight excluding hydrogens is 192 g/mol. The van der Waals surface area contributed by atoms with Crippen LogP contribution in [0.15, 0.2) is 0 Å². The summed E-state index contributed by atoms with van der Waals surface area (Å²) in [7, 11) is 1.59. The monoisotopic (exact) mass is 214 g/mol. The molecule has 0 aromatic heterocycles. The highest BCUT2D eigenvalue weighted by atomic mass is 16.5. The Kier molecular flexibility index (Phi) is 5.05. The molecule has 1 aliphatic carbocycles. The molecule has 0 radical (unpaired) electrons. The van der Waals surface area contributed by atoms with Gasteiger partial charge in [-0.05, 0) is 25.2 Å². The van der Waals surface area contributed by atoms with E-state index in [4.69, 9.17) is 10.5 Å². The van der Waals surface area contributed by atoms with Crippen LogP contribution in [0.5, 0.6) is 0 Å². The van der Waals surface area contributed by atoms with Gasteiger partial charge in [0, 0.05) is 19.7 Å². The first-order valence-corrected chi connectivity index (χ1v) is 5.68. The lowest BCUT2D eigenvalue weighted by Gasteiger charge is -2.16. The van der Waals surface area contributed by atoms with Crippen LogP contribution in [0, 0.1) is 5.92 Å². The number of carbonyl (C=O) groups is 1. The van der Waals surface area contributed by atoms with E-state index in [9.17, 15) is 4.79 Å². The molecule has 0 bridgehead atoms. The first-order valence-electron chi connectivity index (χ1n) is 5.68. The number of nitrogens with one attached hydrogen (secondary N) is 1. The van der Waals surface area contributed by atoms with Crippen LogP contribution in [0.25, 0.3) is 0 Å². The zero-order valence-corrected chi connectivity index (χ0v) is 9.66. The largest absolute Gasteiger partial charge is 0.380 e. The molecule has 4 nitrogen and oxygen atoms in total. The van der Waals surface area contributed by atoms with Crippen molar-refractivity contribution in [1.82, 2.24) is 5.32 Å². The van der Waals surface area contributed by atoms with Gasteiger partial charge in [0.05, 0.1) is 12.5 Å². The SMILES string of the molecule is COC(CN)CC(=O)NC1CCC(C)C1. The molecule has 15 heavy (non-hydrogen) atoms. The summed E-state index contributed by atoms with van der Waals surface area (Å²) in [6, 6.07) is 0.364. The predicted molar refractivity (Wildman–Crippen MR) is 59.4 cm³/mol. The minimum atomic E-state index is -0.149. The summed E-state index contributed by atoms with van der Waals surface area (Å²) >= 11 is 0. The van der Waals surface area contributed by atoms with E-state index in [1.165, 1.54) is 6.42 Å². The van der Waals surface area contributed by atoms with Crippen molar-refractivity contribution in [2.24, 2.45) is 11.7 Å². The molecule has 4 heteroatoms. The predicted octanol–water partition coefficient (Wildman–Crippen LogP) is 0.655. The van der Waals surface area contributed by atoms with E-state index >= 15 is 0 Å². The zero-order chi connectivity index (χ0) is 11.3. The number of amides is 1. The molecule has 1 amide bonds. The Hall–Kier alpha value is -0.610. The van der Waals surface area contributed by atoms with Gasteiger partial charge in [0.2, 0.25) is 5.91 Å². The van der Waals surface area contributed by atoms with Gasteiger partial charge in [-0.1, -0.05) is 6.92 Å². The molecule has 1 aliphatic rings. The minimum Gasteiger partial charge on any atom is -0.380 e. The maximum absolute atomic E-state index is 11.6. The Morgan fingerprint density at radius 1 is 1.60 bits per heavy atom. The molecule has 0 aromatic rings. The third-order valence-corrected chi connectivity index (χ3v) is 3.07. The van der Waals surface area contributed by atoms with Crippen LogP contribution < -0.4 is 11.1 Å². The summed E-state index contributed by atoms with van der Waals surface area (Å²) in [4.78, 5) is 11.6. The van der Waals surface area contributed by atoms with Crippen molar-refractivity contribution in [1.29, 1.82) is 0 Å². The topological polar surface area (TPSA) is 64.3 Å². The summed E-state index contributed by atoms with van der Waals surface area (Å²) in [5.74, 6) is 0.800. The van der Waals surface area contributed by atoms with Crippen molar-refractivity contribution in [3.8, 4) is 0 Å². The molecule has 1 fully saturated rings. The molecule has 1 saturated carbocycles. The van der Waals surface area contributed by atoms with E-state index in [1.807, 2.05) is 0 Å². The van der Waals surface area contributed by atoms with Crippen LogP contribution in [0.1, 0.15) is 32.6 Å². The van der Waals surface area contributed by atoms with Crippen LogP contribution in [0.2, 0.25) is 0 Å². The van der Waals surface area contributed by atoms with E-state index in [1.54, 1.807) is 7.11 Å². The molecule has 3 unspecified atom stereocenters. The van der Waals surface area contributed by atoms with Crippen molar-refractivity contribution >= 4 is 5.91 Å². The van der Waals surface area contributed by atoms with Gasteiger partial charge in [-0.25, -0.2) is 0 Å². The third-order valence-electron chi connectivity index (χ3n) is 3.07. The van der Waals surface area contributed by atoms with Crippen molar-refractivity contribution in [2.45, 2.75) is 44.8 Å². The zero-order valence-electron chi connectivity index (χ0n) is 9.66. The minimum absolute atomic E-state index is 0.0615. The van der Waals surface area contributed by atoms with Crippen molar-refractivity contribution in [3.63, 3.8) is 0 Å². The van der Waals surface area contributed by atoms with E-state index in [2.05, 4.69) is 12.2 Å². The van der Waals surface area contributed by atoms with Crippen LogP contribution in [-0.4, -0.2) is 31.7 Å². The fourth-order valence-corrected chi connectivity index (χ4v) is 2.09. The lowest BCUT2D eigenvalue weighted by Crippen LogP contribution is -2.37. The van der Waals surface area contributed by atoms with Gasteiger partial charge in [0.25, 0.3) is 0 Å². The van der Waals surface area contributed by atoms with Gasteiger partial charge in [-0.3, -0.25) is 4.79 Å². The first-order chi connectivity index (χ1) is 7.15. The molecule has 3 N–H and O–H groups in total. The fourth-order valence-electron chi connectivity index (χ4n) is 2.09. The Morgan fingerprint density at radius 3 is 2.80 bits per heavy atom. The van der Waals surface area contributed by atoms with Gasteiger partial charge in [0.1, 0.15) is 0 Å². The Morgan fingerprint density at radius 2 is 2.33 bits per heavy atom. The average Bonchev–Trinajstić information content (AvgIpc) is 2.60. The van der Waals surface area contributed by atoms with E-state index in [-0.39, 0.29) is 12.0 Å². The van der Waals surface area contributed by atoms with Crippen LogP contribution in [-0.2, 0) is 9.53 Å². The molecule has 0 spiro atoms. The molecular formula is C11H22N2O2. The third kappa shape index (κ3) is 4.18. The highest BCUT2D eigenvalue weighted by molar-refractivity contribution is 5.76. The number of nitrogens with two attached hydrogens (primary N) is 1. The van der Waals surface area contributed by atoms with Gasteiger partial charge >= 0.3 is 0 Å². The normalized spacial score (nSPS) is 27.7. The van der Waals surface area contributed by atoms with E-state index in [0.717, 1.165) is 18.8 Å². The Bertz CT molecular complexity index is 205. The maximum atomic E-state index is 11.6. The lowest BCUT2D eigenvalue weighted by atomic mass is 10.1. The second-order valence-corrected chi connectivity index (χ2v) is 4.48. The second-order valence-electron chi connectivity index (χ2n) is 4.48. The summed E-state index contributed by atoms with van der Waals surface area (Å²) in [6.07, 6.45) is 3.65. The molecule has 3 atom stereocenters. The number of hydrogen-bond acceptors (Lipinski definition) is 3. The quantitative estimate of drug-likeness (QED) is 0.706. The highest BCUT2D eigenvalue weighted by Gasteiger charge is 2.23. The van der Waals surface area contributed by atoms with Gasteiger partial charge < -0.3 is 15.8 Å². The number of rotatable bonds is 5. The molecule has 0 aromatic carbocycles. The molecule has 0 heterocycles. The van der Waals surface area contributed by atoms with Crippen molar-refractivity contribution in [2.75, 3.05) is 13.7 Å². The number of hydrogen-bond donors (Lipinski definition) is 2. The highest BCUT2D eigenvalue weighted by Crippen LogP contribution is 2.24. The van der Waals surface area contributed by atoms with Crippen LogP contribution in [0.3, 0.4) is 0 Å². The second kappa shape index (κ2) is 6.08. The average molecular weight is 214 g/mol. The summed E-state index contributed by atoms with van der Waals surface area (Å²) < 4.78 is 5.07. The van der Waals surface area contributed by atoms with Crippen molar-refractivity contribution < 1.29 is 9.53 Å². The Balaban J connectivity index is 2.23. The van der Waals surface area contributed by atoms with Crippen LogP contribution in [0.4, 0.5) is 0 Å². The Labute approximate surface area is 91.5 Å². The summed E-state index contributed by atoms with van der Waals surface area (Å²) in [6.45, 7) is 2.62. The maximum Gasteiger partial charge on any atom is 0.222 e. The molecule has 0 aliphatic heterocycles. The summed E-state index contributed by atoms with van der Waals surface area (Å²) in [5.41, 5.74) is 5.46. The molecule has 1 rings (SSSR count). The van der Waals surface area contributed by atoms with Gasteiger partial charge in [-0.15, -0.1) is 0 Å². The smallest absolute Gasteiger partial charge is 0.222 e. The lowest BCUT2D eigenvalue weighted by molar-refractivity contribution is -0.124. The number of ether oxygens (including phenoxy) is 1. The first kappa shape index (κ1) is 12.5. The standard InChI is InChI=1S/C11H22N2O2/c1-8-3-4-9(5-8)13-11(14)6-10(7-12)15-2/h8-10H,3-7,12H2,1-2H3,(H,13,14). The number of carbonyl (C=O) groups excluding carboxylic acids is 1. The van der Waals surface area contributed by atoms with Crippen molar-refractivity contribution in [3.05, 3.63) is 0 Å². The van der Waals surface area contributed by atoms with Gasteiger partial charge in [0.15, 0.2) is 0 Å². The summed E-state index contributed by atoms with van der Waals surface area (Å²) in [5, 5.41) is 3.03. The number of methoxy groups -OCH3 is 1. The fraction of sp³-hybridized carbons (Fsp3) is 0.909. The molecule has 0 saturated heterocycles. The van der Waals surface area contributed by atoms with E-state index in [0.29, 0.717) is 19.0 Å². The molecule has 88 valence electrons. The van der Waals surface area contributed by atoms with E-state index < -0.39 is 0 Å². The van der Waals surface area contributed by atoms with Crippen LogP contribution >= 0.6 is 0 Å². The van der Waals surface area contributed by atoms with Gasteiger partial charge in [-0.2, -0.15) is 0 Å².